The number of nitrogens with one attached hydrogen (secondary N) is 2. The number of amides is 1. The Labute approximate surface area is 144 Å². The van der Waals surface area contributed by atoms with Crippen molar-refractivity contribution < 1.29 is 4.79 Å². The summed E-state index contributed by atoms with van der Waals surface area (Å²) in [5.74, 6) is -0.109. The van der Waals surface area contributed by atoms with Gasteiger partial charge in [0.25, 0.3) is 5.56 Å². The van der Waals surface area contributed by atoms with E-state index < -0.39 is 11.2 Å². The molecule has 0 radical (unpaired) electrons. The Morgan fingerprint density at radius 2 is 1.64 bits per heavy atom. The molecule has 0 atom stereocenters. The first-order chi connectivity index (χ1) is 11.8. The highest BCUT2D eigenvalue weighted by Gasteiger charge is 2.15. The van der Waals surface area contributed by atoms with Crippen LogP contribution in [0.25, 0.3) is 0 Å². The third kappa shape index (κ3) is 3.61. The lowest BCUT2D eigenvalue weighted by Gasteiger charge is -2.14. The molecule has 25 heavy (non-hydrogen) atoms. The Hall–Kier alpha value is -3.34. The fourth-order valence-corrected chi connectivity index (χ4v) is 2.15. The van der Waals surface area contributed by atoms with Crippen molar-refractivity contribution >= 4 is 23.1 Å². The molecule has 0 aliphatic heterocycles. The second-order valence-electron chi connectivity index (χ2n) is 5.89. The molecule has 0 unspecified atom stereocenters. The molecule has 0 bridgehead atoms. The third-order valence-corrected chi connectivity index (χ3v) is 3.72. The van der Waals surface area contributed by atoms with E-state index in [1.807, 2.05) is 6.07 Å². The predicted molar refractivity (Wildman–Crippen MR) is 94.8 cm³/mol. The lowest BCUT2D eigenvalue weighted by molar-refractivity contribution is -0.118. The molecular formula is C17H19N5O3. The summed E-state index contributed by atoms with van der Waals surface area (Å²) in [4.78, 5) is 35.8. The van der Waals surface area contributed by atoms with Crippen molar-refractivity contribution in [1.29, 1.82) is 5.26 Å². The van der Waals surface area contributed by atoms with Gasteiger partial charge in [-0.1, -0.05) is 13.8 Å². The zero-order chi connectivity index (χ0) is 18.7. The Kier molecular flexibility index (Phi) is 5.08. The van der Waals surface area contributed by atoms with Gasteiger partial charge in [0.15, 0.2) is 5.56 Å². The first kappa shape index (κ1) is 18.0. The van der Waals surface area contributed by atoms with Gasteiger partial charge in [-0.05, 0) is 24.3 Å². The van der Waals surface area contributed by atoms with E-state index >= 15 is 0 Å². The van der Waals surface area contributed by atoms with E-state index in [1.165, 1.54) is 18.7 Å². The van der Waals surface area contributed by atoms with Crippen LogP contribution in [0.15, 0.2) is 33.9 Å². The number of benzene rings is 1. The number of aromatic nitrogens is 2. The van der Waals surface area contributed by atoms with Gasteiger partial charge in [0.1, 0.15) is 11.9 Å². The smallest absolute Gasteiger partial charge is 0.332 e. The SMILES string of the molecule is CC(C)C(=O)Nc1ccc(Nc2c(C#N)c(=O)n(C)c(=O)n2C)cc1. The minimum Gasteiger partial charge on any atom is -0.340 e. The number of carbonyl (C=O) groups is 1. The van der Waals surface area contributed by atoms with Crippen molar-refractivity contribution in [3.63, 3.8) is 0 Å². The predicted octanol–water partition coefficient (Wildman–Crippen LogP) is 1.29. The van der Waals surface area contributed by atoms with Crippen molar-refractivity contribution in [3.05, 3.63) is 50.7 Å². The van der Waals surface area contributed by atoms with Crippen LogP contribution in [-0.2, 0) is 18.9 Å². The van der Waals surface area contributed by atoms with Crippen LogP contribution in [0.5, 0.6) is 0 Å². The molecule has 0 saturated carbocycles. The number of nitriles is 1. The first-order valence-corrected chi connectivity index (χ1v) is 7.64. The monoisotopic (exact) mass is 341 g/mol. The normalized spacial score (nSPS) is 10.4. The minimum atomic E-state index is -0.658. The van der Waals surface area contributed by atoms with Crippen LogP contribution in [0, 0.1) is 17.2 Å². The van der Waals surface area contributed by atoms with Gasteiger partial charge in [0.2, 0.25) is 5.91 Å². The molecule has 2 rings (SSSR count). The van der Waals surface area contributed by atoms with Crippen molar-refractivity contribution in [2.45, 2.75) is 13.8 Å². The van der Waals surface area contributed by atoms with E-state index in [0.29, 0.717) is 11.4 Å². The maximum atomic E-state index is 12.1. The number of rotatable bonds is 4. The minimum absolute atomic E-state index is 0.0959. The van der Waals surface area contributed by atoms with Crippen molar-refractivity contribution in [3.8, 4) is 6.07 Å². The average molecular weight is 341 g/mol. The molecule has 2 N–H and O–H groups in total. The van der Waals surface area contributed by atoms with Gasteiger partial charge in [-0.3, -0.25) is 18.7 Å². The van der Waals surface area contributed by atoms with Crippen molar-refractivity contribution in [1.82, 2.24) is 9.13 Å². The van der Waals surface area contributed by atoms with E-state index in [1.54, 1.807) is 38.1 Å². The zero-order valence-corrected chi connectivity index (χ0v) is 14.5. The largest absolute Gasteiger partial charge is 0.340 e. The highest BCUT2D eigenvalue weighted by Crippen LogP contribution is 2.19. The van der Waals surface area contributed by atoms with Crippen LogP contribution in [0.2, 0.25) is 0 Å². The highest BCUT2D eigenvalue weighted by atomic mass is 16.2. The Bertz CT molecular complexity index is 962. The molecule has 0 saturated heterocycles. The summed E-state index contributed by atoms with van der Waals surface area (Å²) >= 11 is 0. The summed E-state index contributed by atoms with van der Waals surface area (Å²) in [6.45, 7) is 3.59. The van der Waals surface area contributed by atoms with Crippen LogP contribution in [0.1, 0.15) is 19.4 Å². The third-order valence-electron chi connectivity index (χ3n) is 3.72. The van der Waals surface area contributed by atoms with E-state index in [9.17, 15) is 19.6 Å². The molecular weight excluding hydrogens is 322 g/mol. The second-order valence-corrected chi connectivity index (χ2v) is 5.89. The number of anilines is 3. The molecule has 0 fully saturated rings. The Morgan fingerprint density at radius 3 is 2.16 bits per heavy atom. The van der Waals surface area contributed by atoms with Crippen molar-refractivity contribution in [2.24, 2.45) is 20.0 Å². The molecule has 0 aliphatic carbocycles. The van der Waals surface area contributed by atoms with Crippen LogP contribution in [-0.4, -0.2) is 15.0 Å². The summed E-state index contributed by atoms with van der Waals surface area (Å²) in [7, 11) is 2.80. The van der Waals surface area contributed by atoms with Crippen LogP contribution < -0.4 is 21.9 Å². The average Bonchev–Trinajstić information content (AvgIpc) is 2.59. The molecule has 1 aromatic heterocycles. The Morgan fingerprint density at radius 1 is 1.08 bits per heavy atom. The molecule has 1 aromatic carbocycles. The van der Waals surface area contributed by atoms with E-state index in [2.05, 4.69) is 10.6 Å². The van der Waals surface area contributed by atoms with E-state index in [4.69, 9.17) is 0 Å². The first-order valence-electron chi connectivity index (χ1n) is 7.64. The van der Waals surface area contributed by atoms with Gasteiger partial charge < -0.3 is 10.6 Å². The molecule has 1 heterocycles. The van der Waals surface area contributed by atoms with Gasteiger partial charge >= 0.3 is 5.69 Å². The van der Waals surface area contributed by atoms with Crippen LogP contribution in [0.3, 0.4) is 0 Å². The Balaban J connectivity index is 2.35. The lowest BCUT2D eigenvalue weighted by atomic mass is 10.2. The summed E-state index contributed by atoms with van der Waals surface area (Å²) in [5, 5.41) is 14.9. The highest BCUT2D eigenvalue weighted by molar-refractivity contribution is 5.92. The second kappa shape index (κ2) is 7.05. The summed E-state index contributed by atoms with van der Waals surface area (Å²) in [5.41, 5.74) is -0.145. The summed E-state index contributed by atoms with van der Waals surface area (Å²) < 4.78 is 2.09. The van der Waals surface area contributed by atoms with Gasteiger partial charge in [-0.15, -0.1) is 0 Å². The topological polar surface area (TPSA) is 109 Å². The summed E-state index contributed by atoms with van der Waals surface area (Å²) in [6.07, 6.45) is 0. The standard InChI is InChI=1S/C17H19N5O3/c1-10(2)15(23)20-12-7-5-11(6-8-12)19-14-13(9-18)16(24)22(4)17(25)21(14)3/h5-8,10,19H,1-4H3,(H,20,23). The van der Waals surface area contributed by atoms with Gasteiger partial charge in [0.05, 0.1) is 0 Å². The molecule has 8 nitrogen and oxygen atoms in total. The molecule has 8 heteroatoms. The van der Waals surface area contributed by atoms with Crippen molar-refractivity contribution in [2.75, 3.05) is 10.6 Å². The van der Waals surface area contributed by atoms with Gasteiger partial charge in [-0.2, -0.15) is 5.26 Å². The molecule has 1 amide bonds. The fraction of sp³-hybridized carbons (Fsp3) is 0.294. The van der Waals surface area contributed by atoms with Gasteiger partial charge in [0, 0.05) is 31.4 Å². The molecule has 130 valence electrons. The van der Waals surface area contributed by atoms with Crippen LogP contribution in [0.4, 0.5) is 17.2 Å². The number of nitrogens with zero attached hydrogens (tertiary/aromatic N) is 3. The lowest BCUT2D eigenvalue weighted by Crippen LogP contribution is -2.39. The quantitative estimate of drug-likeness (QED) is 0.871. The fourth-order valence-electron chi connectivity index (χ4n) is 2.15. The van der Waals surface area contributed by atoms with Gasteiger partial charge in [-0.25, -0.2) is 4.79 Å². The molecule has 2 aromatic rings. The number of hydrogen-bond donors (Lipinski definition) is 2. The summed E-state index contributed by atoms with van der Waals surface area (Å²) in [6, 6.07) is 8.57. The van der Waals surface area contributed by atoms with Crippen LogP contribution >= 0.6 is 0 Å². The molecule has 0 aliphatic rings. The van der Waals surface area contributed by atoms with E-state index in [0.717, 1.165) is 4.57 Å². The number of hydrogen-bond acceptors (Lipinski definition) is 5. The van der Waals surface area contributed by atoms with E-state index in [-0.39, 0.29) is 23.2 Å². The zero-order valence-electron chi connectivity index (χ0n) is 14.5. The maximum absolute atomic E-state index is 12.1. The molecule has 0 spiro atoms. The number of carbonyl (C=O) groups excluding carboxylic acids is 1. The maximum Gasteiger partial charge on any atom is 0.332 e.